The number of amides is 1. The average Bonchev–Trinajstić information content (AvgIpc) is 2.92. The molecule has 0 aliphatic carbocycles. The summed E-state index contributed by atoms with van der Waals surface area (Å²) in [5, 5.41) is 3.99. The van der Waals surface area contributed by atoms with Crippen molar-refractivity contribution in [2.45, 2.75) is 13.3 Å². The van der Waals surface area contributed by atoms with Gasteiger partial charge in [0.05, 0.1) is 39.7 Å². The van der Waals surface area contributed by atoms with Crippen LogP contribution in [0.4, 0.5) is 0 Å². The number of benzene rings is 3. The van der Waals surface area contributed by atoms with E-state index >= 15 is 0 Å². The van der Waals surface area contributed by atoms with Gasteiger partial charge in [0.25, 0.3) is 5.91 Å². The number of nitrogens with zero attached hydrogens (tertiary/aromatic N) is 1. The Labute approximate surface area is 209 Å². The second-order valence-electron chi connectivity index (χ2n) is 7.44. The molecule has 0 bridgehead atoms. The van der Waals surface area contributed by atoms with Crippen LogP contribution in [0.25, 0.3) is 0 Å². The number of hydrazone groups is 1. The summed E-state index contributed by atoms with van der Waals surface area (Å²) in [6.45, 7) is 2.63. The molecule has 3 aromatic rings. The van der Waals surface area contributed by atoms with Crippen molar-refractivity contribution in [3.05, 3.63) is 77.4 Å². The van der Waals surface area contributed by atoms with E-state index in [-0.39, 0.29) is 5.75 Å². The maximum Gasteiger partial charge on any atom is 0.343 e. The van der Waals surface area contributed by atoms with Crippen LogP contribution >= 0.6 is 0 Å². The lowest BCUT2D eigenvalue weighted by Gasteiger charge is -2.10. The molecule has 36 heavy (non-hydrogen) atoms. The number of rotatable bonds is 11. The Balaban J connectivity index is 1.64. The third-order valence-electron chi connectivity index (χ3n) is 4.98. The maximum absolute atomic E-state index is 12.6. The van der Waals surface area contributed by atoms with E-state index in [1.165, 1.54) is 27.5 Å². The van der Waals surface area contributed by atoms with Crippen molar-refractivity contribution in [3.8, 4) is 28.7 Å². The molecule has 0 aliphatic heterocycles. The van der Waals surface area contributed by atoms with Crippen LogP contribution in [0.2, 0.25) is 0 Å². The summed E-state index contributed by atoms with van der Waals surface area (Å²) in [5.74, 6) is 1.28. The van der Waals surface area contributed by atoms with Crippen molar-refractivity contribution < 1.29 is 33.3 Å². The highest BCUT2D eigenvalue weighted by molar-refractivity contribution is 5.95. The standard InChI is InChI=1S/C27H28N2O7/c1-5-14-35-21-10-7-19(8-11-21)27(31)36-23-12-6-18(15-24(23)33-3)17-28-29-26(30)20-9-13-22(32-2)25(16-20)34-4/h6-13,15-17H,5,14H2,1-4H3,(H,29,30)/b28-17-. The fraction of sp³-hybridized carbons (Fsp3) is 0.222. The fourth-order valence-electron chi connectivity index (χ4n) is 3.12. The zero-order valence-electron chi connectivity index (χ0n) is 20.6. The van der Waals surface area contributed by atoms with E-state index in [0.717, 1.165) is 6.42 Å². The molecule has 0 heterocycles. The first kappa shape index (κ1) is 26.1. The zero-order chi connectivity index (χ0) is 25.9. The number of ether oxygens (including phenoxy) is 5. The first-order chi connectivity index (χ1) is 17.5. The summed E-state index contributed by atoms with van der Waals surface area (Å²) in [6, 6.07) is 16.4. The van der Waals surface area contributed by atoms with Gasteiger partial charge in [0.2, 0.25) is 0 Å². The van der Waals surface area contributed by atoms with Crippen LogP contribution in [0.1, 0.15) is 39.6 Å². The van der Waals surface area contributed by atoms with Gasteiger partial charge in [-0.3, -0.25) is 4.79 Å². The summed E-state index contributed by atoms with van der Waals surface area (Å²) in [4.78, 5) is 24.9. The molecule has 9 nitrogen and oxygen atoms in total. The van der Waals surface area contributed by atoms with E-state index in [1.54, 1.807) is 60.7 Å². The lowest BCUT2D eigenvalue weighted by atomic mass is 10.2. The Kier molecular flexibility index (Phi) is 9.27. The second kappa shape index (κ2) is 12.8. The van der Waals surface area contributed by atoms with Crippen molar-refractivity contribution in [1.82, 2.24) is 5.43 Å². The zero-order valence-corrected chi connectivity index (χ0v) is 20.6. The largest absolute Gasteiger partial charge is 0.494 e. The third-order valence-corrected chi connectivity index (χ3v) is 4.98. The van der Waals surface area contributed by atoms with E-state index in [1.807, 2.05) is 6.92 Å². The van der Waals surface area contributed by atoms with Gasteiger partial charge in [-0.05, 0) is 72.6 Å². The van der Waals surface area contributed by atoms with Crippen molar-refractivity contribution in [2.75, 3.05) is 27.9 Å². The summed E-state index contributed by atoms with van der Waals surface area (Å²) in [6.07, 6.45) is 2.34. The molecule has 0 spiro atoms. The molecule has 0 unspecified atom stereocenters. The smallest absolute Gasteiger partial charge is 0.343 e. The number of hydrogen-bond acceptors (Lipinski definition) is 8. The molecule has 1 N–H and O–H groups in total. The predicted octanol–water partition coefficient (Wildman–Crippen LogP) is 4.48. The molecule has 0 aromatic heterocycles. The minimum Gasteiger partial charge on any atom is -0.494 e. The Morgan fingerprint density at radius 1 is 0.806 bits per heavy atom. The van der Waals surface area contributed by atoms with Crippen molar-refractivity contribution in [3.63, 3.8) is 0 Å². The van der Waals surface area contributed by atoms with Crippen LogP contribution in [-0.4, -0.2) is 46.0 Å². The molecular weight excluding hydrogens is 464 g/mol. The normalized spacial score (nSPS) is 10.6. The molecule has 0 radical (unpaired) electrons. The average molecular weight is 493 g/mol. The van der Waals surface area contributed by atoms with E-state index in [0.29, 0.717) is 46.3 Å². The molecule has 3 aromatic carbocycles. The molecule has 1 amide bonds. The van der Waals surface area contributed by atoms with Crippen molar-refractivity contribution >= 4 is 18.1 Å². The quantitative estimate of drug-likeness (QED) is 0.182. The van der Waals surface area contributed by atoms with Gasteiger partial charge in [-0.15, -0.1) is 0 Å². The lowest BCUT2D eigenvalue weighted by molar-refractivity contribution is 0.0729. The van der Waals surface area contributed by atoms with E-state index in [2.05, 4.69) is 10.5 Å². The lowest BCUT2D eigenvalue weighted by Crippen LogP contribution is -2.17. The summed E-state index contributed by atoms with van der Waals surface area (Å²) < 4.78 is 26.8. The predicted molar refractivity (Wildman–Crippen MR) is 135 cm³/mol. The molecule has 0 atom stereocenters. The number of nitrogens with one attached hydrogen (secondary N) is 1. The molecule has 0 saturated heterocycles. The Morgan fingerprint density at radius 2 is 1.44 bits per heavy atom. The Bertz CT molecular complexity index is 1220. The Morgan fingerprint density at radius 3 is 2.11 bits per heavy atom. The number of carbonyl (C=O) groups excluding carboxylic acids is 2. The molecule has 188 valence electrons. The van der Waals surface area contributed by atoms with Crippen molar-refractivity contribution in [1.29, 1.82) is 0 Å². The highest BCUT2D eigenvalue weighted by Crippen LogP contribution is 2.29. The van der Waals surface area contributed by atoms with Gasteiger partial charge >= 0.3 is 5.97 Å². The number of esters is 1. The van der Waals surface area contributed by atoms with Crippen LogP contribution in [-0.2, 0) is 0 Å². The van der Waals surface area contributed by atoms with Gasteiger partial charge in [-0.2, -0.15) is 5.10 Å². The minimum absolute atomic E-state index is 0.250. The molecule has 3 rings (SSSR count). The number of carbonyl (C=O) groups is 2. The second-order valence-corrected chi connectivity index (χ2v) is 7.44. The first-order valence-corrected chi connectivity index (χ1v) is 11.2. The van der Waals surface area contributed by atoms with Gasteiger partial charge in [0.1, 0.15) is 5.75 Å². The highest BCUT2D eigenvalue weighted by Gasteiger charge is 2.14. The number of hydrogen-bond donors (Lipinski definition) is 1. The van der Waals surface area contributed by atoms with Gasteiger partial charge in [-0.25, -0.2) is 10.2 Å². The number of methoxy groups -OCH3 is 3. The monoisotopic (exact) mass is 492 g/mol. The molecular formula is C27H28N2O7. The summed E-state index contributed by atoms with van der Waals surface area (Å²) >= 11 is 0. The molecule has 0 aliphatic rings. The van der Waals surface area contributed by atoms with Crippen LogP contribution in [0.3, 0.4) is 0 Å². The van der Waals surface area contributed by atoms with Crippen LogP contribution < -0.4 is 29.1 Å². The molecule has 0 fully saturated rings. The van der Waals surface area contributed by atoms with Crippen LogP contribution in [0.5, 0.6) is 28.7 Å². The van der Waals surface area contributed by atoms with Crippen LogP contribution in [0, 0.1) is 0 Å². The first-order valence-electron chi connectivity index (χ1n) is 11.2. The molecule has 9 heteroatoms. The third kappa shape index (κ3) is 6.75. The van der Waals surface area contributed by atoms with Gasteiger partial charge in [0, 0.05) is 5.56 Å². The van der Waals surface area contributed by atoms with E-state index < -0.39 is 11.9 Å². The summed E-state index contributed by atoms with van der Waals surface area (Å²) in [7, 11) is 4.47. The van der Waals surface area contributed by atoms with E-state index in [9.17, 15) is 9.59 Å². The van der Waals surface area contributed by atoms with Crippen LogP contribution in [0.15, 0.2) is 65.8 Å². The Hall–Kier alpha value is -4.53. The van der Waals surface area contributed by atoms with Crippen molar-refractivity contribution in [2.24, 2.45) is 5.10 Å². The van der Waals surface area contributed by atoms with E-state index in [4.69, 9.17) is 23.7 Å². The highest BCUT2D eigenvalue weighted by atomic mass is 16.6. The van der Waals surface area contributed by atoms with Gasteiger partial charge < -0.3 is 23.7 Å². The topological polar surface area (TPSA) is 105 Å². The van der Waals surface area contributed by atoms with Gasteiger partial charge in [0.15, 0.2) is 23.0 Å². The summed E-state index contributed by atoms with van der Waals surface area (Å²) in [5.41, 5.74) is 3.81. The maximum atomic E-state index is 12.6. The SMILES string of the molecule is CCCOc1ccc(C(=O)Oc2ccc(/C=N\NC(=O)c3ccc(OC)c(OC)c3)cc2OC)cc1. The minimum atomic E-state index is -0.529. The molecule has 0 saturated carbocycles. The fourth-order valence-corrected chi connectivity index (χ4v) is 3.12. The van der Waals surface area contributed by atoms with Gasteiger partial charge in [-0.1, -0.05) is 6.92 Å².